The average Bonchev–Trinajstić information content (AvgIpc) is 3.99. The van der Waals surface area contributed by atoms with Gasteiger partial charge in [-0.2, -0.15) is 0 Å². The third kappa shape index (κ3) is 8.17. The lowest BCUT2D eigenvalue weighted by molar-refractivity contribution is -0.137. The number of nitrogens with one attached hydrogen (secondary N) is 2. The molecule has 5 aliphatic rings. The van der Waals surface area contributed by atoms with Crippen LogP contribution in [0.15, 0.2) is 78.3 Å². The Morgan fingerprint density at radius 3 is 2.47 bits per heavy atom. The first kappa shape index (κ1) is 39.6. The number of rotatable bonds is 10. The van der Waals surface area contributed by atoms with Crippen molar-refractivity contribution in [2.24, 2.45) is 0 Å². The van der Waals surface area contributed by atoms with E-state index in [0.29, 0.717) is 41.8 Å². The molecule has 308 valence electrons. The van der Waals surface area contributed by atoms with Gasteiger partial charge in [0, 0.05) is 105 Å². The molecule has 5 amide bonds. The van der Waals surface area contributed by atoms with Crippen molar-refractivity contribution >= 4 is 51.7 Å². The summed E-state index contributed by atoms with van der Waals surface area (Å²) in [5.41, 5.74) is 5.69. The van der Waals surface area contributed by atoms with Crippen LogP contribution >= 0.6 is 11.3 Å². The Kier molecular flexibility index (Phi) is 11.5. The van der Waals surface area contributed by atoms with Gasteiger partial charge in [-0.3, -0.25) is 39.5 Å². The number of hydrogen-bond acceptors (Lipinski definition) is 10. The molecule has 3 saturated heterocycles. The Morgan fingerprint density at radius 1 is 0.883 bits per heavy atom. The van der Waals surface area contributed by atoms with E-state index in [4.69, 9.17) is 0 Å². The minimum atomic E-state index is -0.777. The SMILES string of the molecule is O=C1CCC(N2Cc3c(C#CCCCN4CCN(C5CCN(c6ccc7c(c6)C(=O)N(C(C(=O)Nc6nccs6)c6ccccc6)C7)CC5)CC4)cccc3C2=O)C(=O)N1. The van der Waals surface area contributed by atoms with Crippen LogP contribution in [0.1, 0.15) is 87.5 Å². The first-order chi connectivity index (χ1) is 29.3. The van der Waals surface area contributed by atoms with Crippen LogP contribution in [0.5, 0.6) is 0 Å². The summed E-state index contributed by atoms with van der Waals surface area (Å²) in [5.74, 6) is 5.34. The van der Waals surface area contributed by atoms with Crippen molar-refractivity contribution in [3.8, 4) is 11.8 Å². The fourth-order valence-electron chi connectivity index (χ4n) is 9.38. The van der Waals surface area contributed by atoms with Crippen LogP contribution in [-0.2, 0) is 27.5 Å². The van der Waals surface area contributed by atoms with E-state index in [9.17, 15) is 24.0 Å². The molecule has 9 rings (SSSR count). The van der Waals surface area contributed by atoms with E-state index in [1.165, 1.54) is 11.3 Å². The Hall–Kier alpha value is -5.88. The van der Waals surface area contributed by atoms with Crippen LogP contribution in [0.2, 0.25) is 0 Å². The summed E-state index contributed by atoms with van der Waals surface area (Å²) in [6.07, 6.45) is 6.09. The highest BCUT2D eigenvalue weighted by molar-refractivity contribution is 7.13. The lowest BCUT2D eigenvalue weighted by Crippen LogP contribution is -2.53. The van der Waals surface area contributed by atoms with Crippen molar-refractivity contribution in [2.75, 3.05) is 56.0 Å². The Labute approximate surface area is 353 Å². The number of hydrogen-bond donors (Lipinski definition) is 2. The molecule has 0 spiro atoms. The molecule has 2 atom stereocenters. The van der Waals surface area contributed by atoms with Crippen molar-refractivity contribution in [3.05, 3.63) is 112 Å². The molecule has 60 heavy (non-hydrogen) atoms. The predicted octanol–water partition coefficient (Wildman–Crippen LogP) is 4.66. The maximum Gasteiger partial charge on any atom is 0.255 e. The van der Waals surface area contributed by atoms with Gasteiger partial charge in [0.1, 0.15) is 12.1 Å². The van der Waals surface area contributed by atoms with Gasteiger partial charge in [0.2, 0.25) is 11.8 Å². The number of imide groups is 1. The van der Waals surface area contributed by atoms with Gasteiger partial charge < -0.3 is 19.6 Å². The lowest BCUT2D eigenvalue weighted by Gasteiger charge is -2.43. The van der Waals surface area contributed by atoms with E-state index >= 15 is 0 Å². The highest BCUT2D eigenvalue weighted by Gasteiger charge is 2.41. The van der Waals surface area contributed by atoms with E-state index in [0.717, 1.165) is 99.4 Å². The standard InChI is InChI=1S/C46H48N8O5S/c55-40-16-15-39(42(56)48-40)53-30-38-31(11-7-12-36(38)44(53)58)8-5-2-6-20-50-23-25-52(26-24-50)34-17-21-51(22-18-34)35-14-13-33-29-54(45(59)37(33)28-35)41(32-9-3-1-4-10-32)43(57)49-46-47-19-27-60-46/h1,3-4,7,9-14,19,27-28,34,39,41H,2,6,15-18,20-26,29-30H2,(H,47,49,57)(H,48,55,56). The number of aromatic nitrogens is 1. The fourth-order valence-corrected chi connectivity index (χ4v) is 9.91. The molecule has 6 heterocycles. The molecule has 3 fully saturated rings. The molecular weight excluding hydrogens is 777 g/mol. The number of carbonyl (C=O) groups excluding carboxylic acids is 5. The summed E-state index contributed by atoms with van der Waals surface area (Å²) >= 11 is 1.35. The van der Waals surface area contributed by atoms with Crippen molar-refractivity contribution < 1.29 is 24.0 Å². The van der Waals surface area contributed by atoms with Gasteiger partial charge in [-0.05, 0) is 73.2 Å². The number of amides is 5. The molecule has 1 aromatic heterocycles. The third-order valence-electron chi connectivity index (χ3n) is 12.6. The Balaban J connectivity index is 0.732. The molecule has 3 aromatic carbocycles. The molecule has 0 bridgehead atoms. The van der Waals surface area contributed by atoms with Crippen molar-refractivity contribution in [1.29, 1.82) is 0 Å². The third-order valence-corrected chi connectivity index (χ3v) is 13.3. The van der Waals surface area contributed by atoms with Crippen LogP contribution in [0.4, 0.5) is 10.8 Å². The number of fused-ring (bicyclic) bond motifs is 2. The maximum atomic E-state index is 14.0. The molecule has 13 nitrogen and oxygen atoms in total. The second-order valence-electron chi connectivity index (χ2n) is 16.1. The predicted molar refractivity (Wildman–Crippen MR) is 228 cm³/mol. The number of anilines is 2. The van der Waals surface area contributed by atoms with Gasteiger partial charge in [-0.1, -0.05) is 54.3 Å². The molecule has 0 radical (unpaired) electrons. The quantitative estimate of drug-likeness (QED) is 0.133. The molecule has 2 N–H and O–H groups in total. The van der Waals surface area contributed by atoms with Crippen LogP contribution in [0.3, 0.4) is 0 Å². The second-order valence-corrected chi connectivity index (χ2v) is 17.0. The van der Waals surface area contributed by atoms with Gasteiger partial charge in [-0.15, -0.1) is 11.3 Å². The first-order valence-electron chi connectivity index (χ1n) is 21.0. The number of carbonyl (C=O) groups is 5. The van der Waals surface area contributed by atoms with Crippen LogP contribution in [0.25, 0.3) is 0 Å². The molecule has 2 unspecified atom stereocenters. The lowest BCUT2D eigenvalue weighted by atomic mass is 10.0. The van der Waals surface area contributed by atoms with Gasteiger partial charge in [0.15, 0.2) is 5.13 Å². The second kappa shape index (κ2) is 17.4. The van der Waals surface area contributed by atoms with Crippen LogP contribution < -0.4 is 15.5 Å². The highest BCUT2D eigenvalue weighted by atomic mass is 32.1. The number of thiazole rings is 1. The summed E-state index contributed by atoms with van der Waals surface area (Å²) in [6, 6.07) is 20.4. The zero-order valence-corrected chi connectivity index (χ0v) is 34.3. The minimum absolute atomic E-state index is 0.132. The molecule has 14 heteroatoms. The largest absolute Gasteiger partial charge is 0.371 e. The average molecular weight is 825 g/mol. The van der Waals surface area contributed by atoms with Crippen molar-refractivity contribution in [3.63, 3.8) is 0 Å². The van der Waals surface area contributed by atoms with E-state index < -0.39 is 18.0 Å². The summed E-state index contributed by atoms with van der Waals surface area (Å²) < 4.78 is 0. The van der Waals surface area contributed by atoms with Crippen LogP contribution in [-0.4, -0.2) is 112 Å². The minimum Gasteiger partial charge on any atom is -0.371 e. The summed E-state index contributed by atoms with van der Waals surface area (Å²) in [5, 5.41) is 7.59. The van der Waals surface area contributed by atoms with Gasteiger partial charge in [-0.25, -0.2) is 4.98 Å². The summed E-state index contributed by atoms with van der Waals surface area (Å²) in [4.78, 5) is 79.9. The topological polar surface area (TPSA) is 138 Å². The van der Waals surface area contributed by atoms with E-state index in [-0.39, 0.29) is 30.0 Å². The molecule has 0 aliphatic carbocycles. The first-order valence-corrected chi connectivity index (χ1v) is 21.8. The maximum absolute atomic E-state index is 14.0. The van der Waals surface area contributed by atoms with Gasteiger partial charge in [0.25, 0.3) is 17.7 Å². The zero-order valence-electron chi connectivity index (χ0n) is 33.5. The Bertz CT molecular complexity index is 2340. The van der Waals surface area contributed by atoms with Gasteiger partial charge >= 0.3 is 0 Å². The monoisotopic (exact) mass is 824 g/mol. The molecular formula is C46H48N8O5S. The summed E-state index contributed by atoms with van der Waals surface area (Å²) in [7, 11) is 0. The molecule has 4 aromatic rings. The van der Waals surface area contributed by atoms with Crippen molar-refractivity contribution in [1.82, 2.24) is 29.9 Å². The number of benzene rings is 3. The molecule has 5 aliphatic heterocycles. The van der Waals surface area contributed by atoms with Crippen LogP contribution in [0, 0.1) is 11.8 Å². The number of piperidine rings is 2. The Morgan fingerprint density at radius 2 is 1.70 bits per heavy atom. The van der Waals surface area contributed by atoms with E-state index in [1.54, 1.807) is 22.1 Å². The van der Waals surface area contributed by atoms with Gasteiger partial charge in [0.05, 0.1) is 0 Å². The normalized spacial score (nSPS) is 20.4. The number of nitrogens with zero attached hydrogens (tertiary/aromatic N) is 6. The number of unbranched alkanes of at least 4 members (excludes halogenated alkanes) is 1. The van der Waals surface area contributed by atoms with E-state index in [1.807, 2.05) is 53.9 Å². The van der Waals surface area contributed by atoms with E-state index in [2.05, 4.69) is 54.3 Å². The highest BCUT2D eigenvalue weighted by Crippen LogP contribution is 2.36. The summed E-state index contributed by atoms with van der Waals surface area (Å²) in [6.45, 7) is 7.71. The molecule has 0 saturated carbocycles. The van der Waals surface area contributed by atoms with Crippen molar-refractivity contribution in [2.45, 2.75) is 69.7 Å². The smallest absolute Gasteiger partial charge is 0.255 e. The fraction of sp³-hybridized carbons (Fsp3) is 0.391. The number of piperazine rings is 1. The zero-order chi connectivity index (χ0) is 41.2.